The first kappa shape index (κ1) is 19.9. The number of nitrogens with zero attached hydrogens (tertiary/aromatic N) is 2. The molecule has 0 saturated heterocycles. The smallest absolute Gasteiger partial charge is 0.315 e. The van der Waals surface area contributed by atoms with Crippen LogP contribution in [0.2, 0.25) is 5.02 Å². The summed E-state index contributed by atoms with van der Waals surface area (Å²) >= 11 is 6.38. The number of benzene rings is 2. The van der Waals surface area contributed by atoms with Crippen molar-refractivity contribution in [1.82, 2.24) is 4.57 Å². The van der Waals surface area contributed by atoms with Gasteiger partial charge in [-0.05, 0) is 30.3 Å². The summed E-state index contributed by atoms with van der Waals surface area (Å²) in [5.74, 6) is -0.464. The molecule has 0 spiro atoms. The fourth-order valence-corrected chi connectivity index (χ4v) is 3.27. The Bertz CT molecular complexity index is 1110. The van der Waals surface area contributed by atoms with E-state index in [1.54, 1.807) is 31.3 Å². The van der Waals surface area contributed by atoms with E-state index >= 15 is 0 Å². The van der Waals surface area contributed by atoms with Crippen LogP contribution in [-0.4, -0.2) is 17.5 Å². The van der Waals surface area contributed by atoms with Crippen molar-refractivity contribution in [3.8, 4) is 0 Å². The van der Waals surface area contributed by atoms with Gasteiger partial charge in [0.05, 0.1) is 22.5 Å². The van der Waals surface area contributed by atoms with Crippen LogP contribution in [0.5, 0.6) is 0 Å². The molecule has 0 aliphatic rings. The Morgan fingerprint density at radius 2 is 1.71 bits per heavy atom. The van der Waals surface area contributed by atoms with Gasteiger partial charge in [0.2, 0.25) is 5.91 Å². The Morgan fingerprint density at radius 3 is 2.32 bits per heavy atom. The molecule has 0 saturated carbocycles. The van der Waals surface area contributed by atoms with E-state index in [1.807, 2.05) is 0 Å². The molecule has 0 aliphatic heterocycles. The second-order valence-corrected chi connectivity index (χ2v) is 6.73. The van der Waals surface area contributed by atoms with Crippen molar-refractivity contribution in [2.24, 2.45) is 7.05 Å². The lowest BCUT2D eigenvalue weighted by molar-refractivity contribution is -0.137. The number of hydrogen-bond donors (Lipinski definition) is 0. The number of carbonyl (C=O) groups excluding carboxylic acids is 1. The van der Waals surface area contributed by atoms with E-state index < -0.39 is 23.2 Å². The number of likely N-dealkylation sites (N-methyl/N-ethyl adjacent to an activating group) is 1. The van der Waals surface area contributed by atoms with E-state index in [-0.39, 0.29) is 22.7 Å². The number of halogens is 4. The number of para-hydroxylation sites is 1. The molecule has 28 heavy (non-hydrogen) atoms. The lowest BCUT2D eigenvalue weighted by Crippen LogP contribution is -2.32. The minimum absolute atomic E-state index is 0.145. The predicted molar refractivity (Wildman–Crippen MR) is 103 cm³/mol. The number of aryl methyl sites for hydroxylation is 1. The van der Waals surface area contributed by atoms with Crippen LogP contribution in [0.3, 0.4) is 0 Å². The van der Waals surface area contributed by atoms with Crippen molar-refractivity contribution in [2.45, 2.75) is 12.6 Å². The van der Waals surface area contributed by atoms with Crippen LogP contribution in [-0.2, 0) is 24.4 Å². The van der Waals surface area contributed by atoms with Gasteiger partial charge >= 0.3 is 6.18 Å². The van der Waals surface area contributed by atoms with Gasteiger partial charge in [0, 0.05) is 30.7 Å². The van der Waals surface area contributed by atoms with Crippen molar-refractivity contribution >= 4 is 34.1 Å². The molecule has 0 bridgehead atoms. The number of aromatic nitrogens is 1. The van der Waals surface area contributed by atoms with Crippen molar-refractivity contribution in [3.05, 3.63) is 75.0 Å². The molecule has 3 aromatic rings. The molecule has 4 nitrogen and oxygen atoms in total. The number of carbonyl (C=O) groups is 1. The van der Waals surface area contributed by atoms with Gasteiger partial charge in [0.15, 0.2) is 0 Å². The summed E-state index contributed by atoms with van der Waals surface area (Å²) in [5.41, 5.74) is -0.121. The van der Waals surface area contributed by atoms with Gasteiger partial charge in [0.1, 0.15) is 0 Å². The van der Waals surface area contributed by atoms with E-state index in [9.17, 15) is 22.8 Å². The summed E-state index contributed by atoms with van der Waals surface area (Å²) in [4.78, 5) is 26.5. The first-order valence-electron chi connectivity index (χ1n) is 8.31. The Morgan fingerprint density at radius 1 is 1.11 bits per heavy atom. The third kappa shape index (κ3) is 3.62. The van der Waals surface area contributed by atoms with Crippen molar-refractivity contribution in [2.75, 3.05) is 11.9 Å². The van der Waals surface area contributed by atoms with Crippen LogP contribution in [0.4, 0.5) is 18.9 Å². The van der Waals surface area contributed by atoms with E-state index in [4.69, 9.17) is 11.6 Å². The zero-order valence-electron chi connectivity index (χ0n) is 15.0. The molecular formula is C20H16ClF3N2O2. The van der Waals surface area contributed by atoms with E-state index in [2.05, 4.69) is 0 Å². The first-order valence-corrected chi connectivity index (χ1v) is 8.69. The molecule has 1 aromatic heterocycles. The summed E-state index contributed by atoms with van der Waals surface area (Å²) in [5, 5.41) is 0.846. The van der Waals surface area contributed by atoms with Gasteiger partial charge in [-0.1, -0.05) is 29.8 Å². The number of alkyl halides is 3. The van der Waals surface area contributed by atoms with E-state index in [0.29, 0.717) is 10.9 Å². The maximum atomic E-state index is 12.7. The van der Waals surface area contributed by atoms with Crippen molar-refractivity contribution in [1.29, 1.82) is 0 Å². The molecule has 2 aromatic carbocycles. The summed E-state index contributed by atoms with van der Waals surface area (Å²) < 4.78 is 39.5. The average molecular weight is 409 g/mol. The van der Waals surface area contributed by atoms with Crippen molar-refractivity contribution in [3.63, 3.8) is 0 Å². The zero-order valence-corrected chi connectivity index (χ0v) is 15.8. The standard InChI is InChI=1S/C20H16ClF3N2O2/c1-25(13-9-7-12(8-10-13)20(22,23)24)17(27)11-15-18(21)14-5-3-4-6-16(14)26(2)19(15)28/h3-10H,11H2,1-2H3. The van der Waals surface area contributed by atoms with Gasteiger partial charge in [-0.2, -0.15) is 13.2 Å². The minimum atomic E-state index is -4.45. The van der Waals surface area contributed by atoms with Gasteiger partial charge < -0.3 is 9.47 Å². The van der Waals surface area contributed by atoms with Crippen LogP contribution in [0.1, 0.15) is 11.1 Å². The third-order valence-corrected chi connectivity index (χ3v) is 5.05. The second kappa shape index (κ2) is 7.31. The number of rotatable bonds is 3. The number of pyridine rings is 1. The molecule has 0 unspecified atom stereocenters. The Labute approximate surface area is 163 Å². The van der Waals surface area contributed by atoms with Crippen LogP contribution in [0, 0.1) is 0 Å². The molecule has 0 fully saturated rings. The lowest BCUT2D eigenvalue weighted by atomic mass is 10.1. The number of fused-ring (bicyclic) bond motifs is 1. The molecule has 1 amide bonds. The molecule has 3 rings (SSSR count). The highest BCUT2D eigenvalue weighted by molar-refractivity contribution is 6.36. The Balaban J connectivity index is 1.92. The van der Waals surface area contributed by atoms with Gasteiger partial charge in [-0.3, -0.25) is 9.59 Å². The monoisotopic (exact) mass is 408 g/mol. The topological polar surface area (TPSA) is 42.3 Å². The molecule has 146 valence electrons. The fraction of sp³-hybridized carbons (Fsp3) is 0.200. The number of anilines is 1. The summed E-state index contributed by atoms with van der Waals surface area (Å²) in [7, 11) is 3.03. The quantitative estimate of drug-likeness (QED) is 0.644. The molecule has 8 heteroatoms. The molecule has 0 atom stereocenters. The molecule has 1 heterocycles. The molecule has 0 radical (unpaired) electrons. The van der Waals surface area contributed by atoms with E-state index in [1.165, 1.54) is 28.6 Å². The number of hydrogen-bond acceptors (Lipinski definition) is 2. The summed E-state index contributed by atoms with van der Waals surface area (Å²) in [6.45, 7) is 0. The lowest BCUT2D eigenvalue weighted by Gasteiger charge is -2.19. The van der Waals surface area contributed by atoms with Crippen LogP contribution in [0.15, 0.2) is 53.3 Å². The minimum Gasteiger partial charge on any atom is -0.315 e. The Kier molecular flexibility index (Phi) is 5.21. The highest BCUT2D eigenvalue weighted by atomic mass is 35.5. The Hall–Kier alpha value is -2.80. The van der Waals surface area contributed by atoms with E-state index in [0.717, 1.165) is 12.1 Å². The number of amides is 1. The molecule has 0 aliphatic carbocycles. The van der Waals surface area contributed by atoms with Crippen molar-refractivity contribution < 1.29 is 18.0 Å². The SMILES string of the molecule is CN(C(=O)Cc1c(Cl)c2ccccc2n(C)c1=O)c1ccc(C(F)(F)F)cc1. The maximum Gasteiger partial charge on any atom is 0.416 e. The molecular weight excluding hydrogens is 393 g/mol. The highest BCUT2D eigenvalue weighted by Crippen LogP contribution is 2.30. The highest BCUT2D eigenvalue weighted by Gasteiger charge is 2.30. The van der Waals surface area contributed by atoms with Crippen LogP contribution >= 0.6 is 11.6 Å². The summed E-state index contributed by atoms with van der Waals surface area (Å²) in [6, 6.07) is 11.3. The largest absolute Gasteiger partial charge is 0.416 e. The first-order chi connectivity index (χ1) is 13.1. The van der Waals surface area contributed by atoms with Crippen LogP contribution in [0.25, 0.3) is 10.9 Å². The zero-order chi connectivity index (χ0) is 20.6. The normalized spacial score (nSPS) is 11.6. The summed E-state index contributed by atoms with van der Waals surface area (Å²) in [6.07, 6.45) is -4.72. The third-order valence-electron chi connectivity index (χ3n) is 4.61. The fourth-order valence-electron chi connectivity index (χ4n) is 2.96. The predicted octanol–water partition coefficient (Wildman–Crippen LogP) is 4.42. The van der Waals surface area contributed by atoms with Gasteiger partial charge in [-0.25, -0.2) is 0 Å². The van der Waals surface area contributed by atoms with Crippen LogP contribution < -0.4 is 10.5 Å². The maximum absolute atomic E-state index is 12.7. The molecule has 0 N–H and O–H groups in total. The van der Waals surface area contributed by atoms with Gasteiger partial charge in [-0.15, -0.1) is 0 Å². The average Bonchev–Trinajstić information content (AvgIpc) is 2.68. The second-order valence-electron chi connectivity index (χ2n) is 6.35. The van der Waals surface area contributed by atoms with Gasteiger partial charge in [0.25, 0.3) is 5.56 Å².